The predicted octanol–water partition coefficient (Wildman–Crippen LogP) is 8.32. The monoisotopic (exact) mass is 472 g/mol. The Morgan fingerprint density at radius 1 is 0.824 bits per heavy atom. The second kappa shape index (κ2) is 11.3. The molecular weight excluding hydrogens is 437 g/mol. The maximum absolute atomic E-state index is 14.8. The van der Waals surface area contributed by atoms with Crippen molar-refractivity contribution in [3.63, 3.8) is 0 Å². The molecule has 2 nitrogen and oxygen atoms in total. The zero-order chi connectivity index (χ0) is 24.1. The Kier molecular flexibility index (Phi) is 8.23. The quantitative estimate of drug-likeness (QED) is 0.360. The third-order valence-corrected chi connectivity index (χ3v) is 7.67. The molecular formula is C29H35F3O2. The van der Waals surface area contributed by atoms with Gasteiger partial charge in [-0.3, -0.25) is 0 Å². The molecule has 0 spiro atoms. The van der Waals surface area contributed by atoms with Crippen LogP contribution in [0, 0.1) is 29.3 Å². The summed E-state index contributed by atoms with van der Waals surface area (Å²) in [5, 5.41) is 0. The lowest BCUT2D eigenvalue weighted by Crippen LogP contribution is -2.20. The molecule has 2 aliphatic rings. The number of rotatable bonds is 8. The first-order chi connectivity index (χ1) is 16.5. The third-order valence-electron chi connectivity index (χ3n) is 7.67. The van der Waals surface area contributed by atoms with Crippen molar-refractivity contribution in [1.29, 1.82) is 0 Å². The number of ether oxygens (including phenoxy) is 2. The molecule has 0 amide bonds. The van der Waals surface area contributed by atoms with Crippen LogP contribution < -0.4 is 9.47 Å². The first-order valence-corrected chi connectivity index (χ1v) is 12.7. The minimum atomic E-state index is -0.873. The van der Waals surface area contributed by atoms with E-state index in [-0.39, 0.29) is 29.2 Å². The van der Waals surface area contributed by atoms with Gasteiger partial charge in [-0.2, -0.15) is 4.39 Å². The van der Waals surface area contributed by atoms with E-state index in [0.717, 1.165) is 56.9 Å². The van der Waals surface area contributed by atoms with Gasteiger partial charge in [0, 0.05) is 0 Å². The normalized spacial score (nSPS) is 25.1. The highest BCUT2D eigenvalue weighted by molar-refractivity contribution is 5.34. The lowest BCUT2D eigenvalue weighted by atomic mass is 9.78. The summed E-state index contributed by atoms with van der Waals surface area (Å²) < 4.78 is 54.8. The molecule has 4 rings (SSSR count). The lowest BCUT2D eigenvalue weighted by molar-refractivity contribution is 0.192. The average molecular weight is 473 g/mol. The molecule has 2 saturated carbocycles. The van der Waals surface area contributed by atoms with Gasteiger partial charge < -0.3 is 9.47 Å². The number of benzene rings is 2. The molecule has 0 atom stereocenters. The molecule has 2 fully saturated rings. The predicted molar refractivity (Wildman–Crippen MR) is 129 cm³/mol. The molecule has 0 unspecified atom stereocenters. The standard InChI is InChI=1S/C29H35F3O2/c1-3-19-5-11-22(12-6-19)24-14-16-27(29(32)28(24)31)34-18-20-7-9-21(10-8-20)23-13-15-26(33-4-2)25(30)17-23/h3,13-17,19-22H,1,4-12,18H2,2H3. The van der Waals surface area contributed by atoms with E-state index in [1.807, 2.05) is 19.1 Å². The van der Waals surface area contributed by atoms with Crippen LogP contribution in [-0.2, 0) is 0 Å². The van der Waals surface area contributed by atoms with Crippen molar-refractivity contribution in [1.82, 2.24) is 0 Å². The summed E-state index contributed by atoms with van der Waals surface area (Å²) >= 11 is 0. The van der Waals surface area contributed by atoms with Gasteiger partial charge in [-0.05, 0) is 111 Å². The molecule has 2 aromatic carbocycles. The van der Waals surface area contributed by atoms with E-state index in [1.54, 1.807) is 24.3 Å². The largest absolute Gasteiger partial charge is 0.491 e. The van der Waals surface area contributed by atoms with Crippen molar-refractivity contribution in [3.05, 3.63) is 71.6 Å². The highest BCUT2D eigenvalue weighted by Crippen LogP contribution is 2.40. The zero-order valence-electron chi connectivity index (χ0n) is 20.0. The van der Waals surface area contributed by atoms with Crippen molar-refractivity contribution in [2.24, 2.45) is 11.8 Å². The van der Waals surface area contributed by atoms with Crippen LogP contribution in [0.3, 0.4) is 0 Å². The maximum Gasteiger partial charge on any atom is 0.200 e. The number of allylic oxidation sites excluding steroid dienone is 1. The smallest absolute Gasteiger partial charge is 0.200 e. The van der Waals surface area contributed by atoms with E-state index >= 15 is 0 Å². The lowest BCUT2D eigenvalue weighted by Gasteiger charge is -2.29. The van der Waals surface area contributed by atoms with E-state index < -0.39 is 11.6 Å². The Balaban J connectivity index is 1.29. The topological polar surface area (TPSA) is 18.5 Å². The number of halogens is 3. The maximum atomic E-state index is 14.8. The van der Waals surface area contributed by atoms with Gasteiger partial charge >= 0.3 is 0 Å². The zero-order valence-corrected chi connectivity index (χ0v) is 20.0. The van der Waals surface area contributed by atoms with Gasteiger partial charge in [0.05, 0.1) is 13.2 Å². The molecule has 0 aromatic heterocycles. The van der Waals surface area contributed by atoms with Crippen LogP contribution in [-0.4, -0.2) is 13.2 Å². The van der Waals surface area contributed by atoms with Crippen molar-refractivity contribution in [3.8, 4) is 11.5 Å². The summed E-state index contributed by atoms with van der Waals surface area (Å²) in [5.41, 5.74) is 1.46. The van der Waals surface area contributed by atoms with E-state index in [9.17, 15) is 13.2 Å². The van der Waals surface area contributed by atoms with Crippen molar-refractivity contribution >= 4 is 0 Å². The highest BCUT2D eigenvalue weighted by atomic mass is 19.2. The minimum Gasteiger partial charge on any atom is -0.491 e. The fourth-order valence-electron chi connectivity index (χ4n) is 5.55. The number of hydrogen-bond donors (Lipinski definition) is 0. The van der Waals surface area contributed by atoms with Crippen molar-refractivity contribution in [2.45, 2.75) is 70.1 Å². The molecule has 184 valence electrons. The summed E-state index contributed by atoms with van der Waals surface area (Å²) in [6, 6.07) is 8.51. The first kappa shape index (κ1) is 24.7. The SMILES string of the molecule is C=CC1CCC(c2ccc(OCC3CCC(c4ccc(OCC)c(F)c4)CC3)c(F)c2F)CC1. The Bertz CT molecular complexity index is 974. The highest BCUT2D eigenvalue weighted by Gasteiger charge is 2.27. The molecule has 0 bridgehead atoms. The summed E-state index contributed by atoms with van der Waals surface area (Å²) in [5.74, 6) is -0.555. The molecule has 0 saturated heterocycles. The Morgan fingerprint density at radius 3 is 2.15 bits per heavy atom. The van der Waals surface area contributed by atoms with E-state index in [2.05, 4.69) is 6.58 Å². The minimum absolute atomic E-state index is 0.00302. The Labute approximate surface area is 201 Å². The van der Waals surface area contributed by atoms with Gasteiger partial charge in [-0.15, -0.1) is 6.58 Å². The van der Waals surface area contributed by atoms with Crippen LogP contribution in [0.4, 0.5) is 13.2 Å². The van der Waals surface area contributed by atoms with Crippen molar-refractivity contribution in [2.75, 3.05) is 13.2 Å². The third kappa shape index (κ3) is 5.61. The van der Waals surface area contributed by atoms with Gasteiger partial charge in [0.2, 0.25) is 5.82 Å². The summed E-state index contributed by atoms with van der Waals surface area (Å²) in [7, 11) is 0. The summed E-state index contributed by atoms with van der Waals surface area (Å²) in [6.45, 7) is 6.48. The molecule has 0 aliphatic heterocycles. The van der Waals surface area contributed by atoms with E-state index in [0.29, 0.717) is 30.6 Å². The van der Waals surface area contributed by atoms with Crippen LogP contribution in [0.25, 0.3) is 0 Å². The van der Waals surface area contributed by atoms with Crippen molar-refractivity contribution < 1.29 is 22.6 Å². The van der Waals surface area contributed by atoms with Crippen LogP contribution >= 0.6 is 0 Å². The van der Waals surface area contributed by atoms with Gasteiger partial charge in [0.15, 0.2) is 23.1 Å². The molecule has 5 heteroatoms. The Morgan fingerprint density at radius 2 is 1.50 bits per heavy atom. The Hall–Kier alpha value is -2.43. The van der Waals surface area contributed by atoms with Gasteiger partial charge in [-0.1, -0.05) is 18.2 Å². The van der Waals surface area contributed by atoms with E-state index in [4.69, 9.17) is 9.47 Å². The molecule has 0 heterocycles. The van der Waals surface area contributed by atoms with Gasteiger partial charge in [0.1, 0.15) is 0 Å². The molecule has 2 aliphatic carbocycles. The molecule has 0 radical (unpaired) electrons. The van der Waals surface area contributed by atoms with Gasteiger partial charge in [-0.25, -0.2) is 8.78 Å². The molecule has 0 N–H and O–H groups in total. The summed E-state index contributed by atoms with van der Waals surface area (Å²) in [6.07, 6.45) is 9.29. The van der Waals surface area contributed by atoms with Gasteiger partial charge in [0.25, 0.3) is 0 Å². The number of hydrogen-bond acceptors (Lipinski definition) is 2. The van der Waals surface area contributed by atoms with Crippen LogP contribution in [0.2, 0.25) is 0 Å². The van der Waals surface area contributed by atoms with Crippen LogP contribution in [0.15, 0.2) is 43.0 Å². The van der Waals surface area contributed by atoms with Crippen LogP contribution in [0.5, 0.6) is 11.5 Å². The fraction of sp³-hybridized carbons (Fsp3) is 0.517. The van der Waals surface area contributed by atoms with Crippen LogP contribution in [0.1, 0.15) is 81.3 Å². The second-order valence-electron chi connectivity index (χ2n) is 9.78. The molecule has 2 aromatic rings. The van der Waals surface area contributed by atoms with E-state index in [1.165, 1.54) is 0 Å². The molecule has 34 heavy (non-hydrogen) atoms. The fourth-order valence-corrected chi connectivity index (χ4v) is 5.55. The summed E-state index contributed by atoms with van der Waals surface area (Å²) in [4.78, 5) is 0. The average Bonchev–Trinajstić information content (AvgIpc) is 2.87. The second-order valence-corrected chi connectivity index (χ2v) is 9.78. The first-order valence-electron chi connectivity index (χ1n) is 12.7.